The fourth-order valence-electron chi connectivity index (χ4n) is 0.757. The van der Waals surface area contributed by atoms with E-state index < -0.39 is 22.7 Å². The normalized spacial score (nSPS) is 15.1. The molecule has 0 aromatic heterocycles. The maximum Gasteiger partial charge on any atom is 0.216 e. The van der Waals surface area contributed by atoms with Crippen molar-refractivity contribution in [3.8, 4) is 0 Å². The molecule has 0 heterocycles. The molecule has 0 rings (SSSR count). The van der Waals surface area contributed by atoms with E-state index in [0.29, 0.717) is 0 Å². The van der Waals surface area contributed by atoms with E-state index in [0.717, 1.165) is 4.31 Å². The van der Waals surface area contributed by atoms with Crippen molar-refractivity contribution in [3.05, 3.63) is 0 Å². The van der Waals surface area contributed by atoms with Crippen molar-refractivity contribution >= 4 is 10.0 Å². The van der Waals surface area contributed by atoms with Gasteiger partial charge in [-0.15, -0.1) is 0 Å². The van der Waals surface area contributed by atoms with Crippen LogP contribution in [0, 0.1) is 0 Å². The van der Waals surface area contributed by atoms with Crippen molar-refractivity contribution in [1.29, 1.82) is 0 Å². The second-order valence-corrected chi connectivity index (χ2v) is 4.86. The molecule has 0 aliphatic heterocycles. The van der Waals surface area contributed by atoms with Gasteiger partial charge in [0.05, 0.1) is 18.5 Å². The largest absolute Gasteiger partial charge is 0.395 e. The minimum atomic E-state index is -3.38. The molecule has 0 amide bonds. The third kappa shape index (κ3) is 4.01. The van der Waals surface area contributed by atoms with Crippen molar-refractivity contribution in [1.82, 2.24) is 4.31 Å². The molecule has 0 radical (unpaired) electrons. The molecule has 5 nitrogen and oxygen atoms in total. The van der Waals surface area contributed by atoms with Crippen LogP contribution >= 0.6 is 0 Å². The first kappa shape index (κ1) is 11.8. The second-order valence-electron chi connectivity index (χ2n) is 2.67. The topological polar surface area (TPSA) is 77.8 Å². The number of hydrogen-bond acceptors (Lipinski definition) is 4. The van der Waals surface area contributed by atoms with E-state index in [2.05, 4.69) is 0 Å². The summed E-state index contributed by atoms with van der Waals surface area (Å²) in [5.74, 6) is -0.295. The zero-order chi connectivity index (χ0) is 9.78. The Balaban J connectivity index is 4.16. The highest BCUT2D eigenvalue weighted by Crippen LogP contribution is 1.98. The van der Waals surface area contributed by atoms with Crippen LogP contribution in [0.1, 0.15) is 6.92 Å². The van der Waals surface area contributed by atoms with Gasteiger partial charge in [-0.2, -0.15) is 0 Å². The quantitative estimate of drug-likeness (QED) is 0.569. The molecule has 6 heteroatoms. The Kier molecular flexibility index (Phi) is 4.69. The van der Waals surface area contributed by atoms with Crippen LogP contribution in [0.3, 0.4) is 0 Å². The maximum absolute atomic E-state index is 11.1. The average molecular weight is 197 g/mol. The number of aliphatic hydroxyl groups excluding tert-OH is 2. The zero-order valence-corrected chi connectivity index (χ0v) is 8.08. The smallest absolute Gasteiger partial charge is 0.216 e. The Hall–Kier alpha value is -0.170. The molecule has 0 saturated carbocycles. The number of rotatable bonds is 5. The minimum Gasteiger partial charge on any atom is -0.395 e. The first-order chi connectivity index (χ1) is 5.40. The molecule has 0 bridgehead atoms. The third-order valence-electron chi connectivity index (χ3n) is 1.35. The summed E-state index contributed by atoms with van der Waals surface area (Å²) in [5.41, 5.74) is 0. The average Bonchev–Trinajstić information content (AvgIpc) is 1.85. The molecule has 0 aromatic rings. The van der Waals surface area contributed by atoms with Gasteiger partial charge in [0, 0.05) is 13.6 Å². The van der Waals surface area contributed by atoms with Crippen molar-refractivity contribution in [2.45, 2.75) is 13.0 Å². The lowest BCUT2D eigenvalue weighted by atomic mass is 10.4. The minimum absolute atomic E-state index is 0.0579. The lowest BCUT2D eigenvalue weighted by molar-refractivity contribution is 0.170. The highest BCUT2D eigenvalue weighted by atomic mass is 32.2. The Morgan fingerprint density at radius 3 is 2.33 bits per heavy atom. The molecule has 0 saturated heterocycles. The molecule has 1 unspecified atom stereocenters. The van der Waals surface area contributed by atoms with Gasteiger partial charge < -0.3 is 10.2 Å². The van der Waals surface area contributed by atoms with Gasteiger partial charge in [-0.3, -0.25) is 0 Å². The summed E-state index contributed by atoms with van der Waals surface area (Å²) in [6.07, 6.45) is -0.691. The molecule has 74 valence electrons. The number of aliphatic hydroxyl groups is 2. The summed E-state index contributed by atoms with van der Waals surface area (Å²) >= 11 is 0. The van der Waals surface area contributed by atoms with Crippen molar-refractivity contribution in [2.75, 3.05) is 26.0 Å². The monoisotopic (exact) mass is 197 g/mol. The zero-order valence-electron chi connectivity index (χ0n) is 7.27. The van der Waals surface area contributed by atoms with Crippen LogP contribution in [0.4, 0.5) is 0 Å². The predicted octanol–water partition coefficient (Wildman–Crippen LogP) is -1.38. The second kappa shape index (κ2) is 4.76. The summed E-state index contributed by atoms with van der Waals surface area (Å²) < 4.78 is 23.3. The van der Waals surface area contributed by atoms with Crippen LogP contribution in [-0.2, 0) is 10.0 Å². The van der Waals surface area contributed by atoms with Crippen LogP contribution in [0.5, 0.6) is 0 Å². The van der Waals surface area contributed by atoms with Gasteiger partial charge in [0.2, 0.25) is 10.0 Å². The molecule has 0 aliphatic carbocycles. The fourth-order valence-corrected chi connectivity index (χ4v) is 1.74. The number of sulfonamides is 1. The molecular formula is C6H15NO4S. The van der Waals surface area contributed by atoms with E-state index in [1.807, 2.05) is 0 Å². The van der Waals surface area contributed by atoms with E-state index in [-0.39, 0.29) is 12.3 Å². The van der Waals surface area contributed by atoms with Gasteiger partial charge in [0.1, 0.15) is 0 Å². The SMILES string of the molecule is CC(O)CN(C)S(=O)(=O)CCO. The molecule has 0 spiro atoms. The van der Waals surface area contributed by atoms with Crippen LogP contribution in [0.25, 0.3) is 0 Å². The lowest BCUT2D eigenvalue weighted by Crippen LogP contribution is -2.35. The van der Waals surface area contributed by atoms with E-state index in [9.17, 15) is 8.42 Å². The van der Waals surface area contributed by atoms with Crippen molar-refractivity contribution < 1.29 is 18.6 Å². The van der Waals surface area contributed by atoms with Gasteiger partial charge in [-0.1, -0.05) is 0 Å². The molecule has 12 heavy (non-hydrogen) atoms. The van der Waals surface area contributed by atoms with Crippen molar-refractivity contribution in [2.24, 2.45) is 0 Å². The van der Waals surface area contributed by atoms with E-state index in [1.54, 1.807) is 0 Å². The van der Waals surface area contributed by atoms with Crippen LogP contribution in [0.2, 0.25) is 0 Å². The Morgan fingerprint density at radius 1 is 1.50 bits per heavy atom. The van der Waals surface area contributed by atoms with E-state index in [4.69, 9.17) is 10.2 Å². The first-order valence-corrected chi connectivity index (χ1v) is 5.24. The summed E-state index contributed by atoms with van der Waals surface area (Å²) in [7, 11) is -2.01. The van der Waals surface area contributed by atoms with E-state index >= 15 is 0 Å². The van der Waals surface area contributed by atoms with E-state index in [1.165, 1.54) is 14.0 Å². The van der Waals surface area contributed by atoms with Crippen molar-refractivity contribution in [3.63, 3.8) is 0 Å². The predicted molar refractivity (Wildman–Crippen MR) is 45.2 cm³/mol. The summed E-state index contributed by atoms with van der Waals surface area (Å²) in [6.45, 7) is 1.17. The third-order valence-corrected chi connectivity index (χ3v) is 3.14. The lowest BCUT2D eigenvalue weighted by Gasteiger charge is -2.17. The molecule has 0 aromatic carbocycles. The molecule has 2 N–H and O–H groups in total. The highest BCUT2D eigenvalue weighted by Gasteiger charge is 2.17. The Morgan fingerprint density at radius 2 is 2.00 bits per heavy atom. The van der Waals surface area contributed by atoms with Crippen LogP contribution < -0.4 is 0 Å². The van der Waals surface area contributed by atoms with Gasteiger partial charge in [-0.25, -0.2) is 12.7 Å². The summed E-state index contributed by atoms with van der Waals surface area (Å²) in [6, 6.07) is 0. The highest BCUT2D eigenvalue weighted by molar-refractivity contribution is 7.89. The molecular weight excluding hydrogens is 182 g/mol. The number of likely N-dealkylation sites (N-methyl/N-ethyl adjacent to an activating group) is 1. The summed E-state index contributed by atoms with van der Waals surface area (Å²) in [4.78, 5) is 0. The first-order valence-electron chi connectivity index (χ1n) is 3.63. The standard InChI is InChI=1S/C6H15NO4S/c1-6(9)5-7(2)12(10,11)4-3-8/h6,8-9H,3-5H2,1-2H3. The molecule has 0 fully saturated rings. The number of nitrogens with zero attached hydrogens (tertiary/aromatic N) is 1. The number of hydrogen-bond donors (Lipinski definition) is 2. The summed E-state index contributed by atoms with van der Waals surface area (Å²) in [5, 5.41) is 17.3. The Labute approximate surface area is 72.7 Å². The van der Waals surface area contributed by atoms with Gasteiger partial charge in [0.25, 0.3) is 0 Å². The van der Waals surface area contributed by atoms with Gasteiger partial charge in [-0.05, 0) is 6.92 Å². The van der Waals surface area contributed by atoms with Crippen LogP contribution in [-0.4, -0.2) is 55.0 Å². The molecule has 1 atom stereocenters. The fraction of sp³-hybridized carbons (Fsp3) is 1.00. The maximum atomic E-state index is 11.1. The van der Waals surface area contributed by atoms with Gasteiger partial charge in [0.15, 0.2) is 0 Å². The van der Waals surface area contributed by atoms with Crippen LogP contribution in [0.15, 0.2) is 0 Å². The molecule has 0 aliphatic rings. The van der Waals surface area contributed by atoms with Gasteiger partial charge >= 0.3 is 0 Å². The Bertz CT molecular complexity index is 212.